The number of nitrogens with zero attached hydrogens (tertiary/aromatic N) is 1. The molecule has 23 heavy (non-hydrogen) atoms. The van der Waals surface area contributed by atoms with Crippen molar-refractivity contribution >= 4 is 11.8 Å². The van der Waals surface area contributed by atoms with Gasteiger partial charge in [0.2, 0.25) is 11.8 Å². The molecule has 1 N–H and O–H groups in total. The summed E-state index contributed by atoms with van der Waals surface area (Å²) in [6.07, 6.45) is 5.07. The smallest absolute Gasteiger partial charge is 0.245 e. The van der Waals surface area contributed by atoms with Crippen molar-refractivity contribution in [3.05, 3.63) is 12.2 Å². The monoisotopic (exact) mass is 320 g/mol. The summed E-state index contributed by atoms with van der Waals surface area (Å²) in [7, 11) is 0. The Bertz CT molecular complexity index is 488. The van der Waals surface area contributed by atoms with Gasteiger partial charge in [-0.15, -0.1) is 0 Å². The van der Waals surface area contributed by atoms with Crippen LogP contribution in [0.2, 0.25) is 0 Å². The van der Waals surface area contributed by atoms with Gasteiger partial charge in [0.1, 0.15) is 6.04 Å². The quantitative estimate of drug-likeness (QED) is 0.792. The highest BCUT2D eigenvalue weighted by Gasteiger charge is 2.63. The molecule has 1 heterocycles. The fourth-order valence-electron chi connectivity index (χ4n) is 3.76. The van der Waals surface area contributed by atoms with E-state index in [0.717, 1.165) is 19.5 Å². The maximum Gasteiger partial charge on any atom is 0.245 e. The van der Waals surface area contributed by atoms with Gasteiger partial charge in [-0.1, -0.05) is 46.8 Å². The minimum absolute atomic E-state index is 0.0407. The number of amides is 2. The van der Waals surface area contributed by atoms with E-state index >= 15 is 0 Å². The molecule has 0 radical (unpaired) electrons. The molecule has 0 aromatic carbocycles. The lowest BCUT2D eigenvalue weighted by molar-refractivity contribution is -0.139. The minimum Gasteiger partial charge on any atom is -0.344 e. The van der Waals surface area contributed by atoms with Crippen molar-refractivity contribution in [1.29, 1.82) is 0 Å². The second-order valence-corrected chi connectivity index (χ2v) is 8.75. The van der Waals surface area contributed by atoms with Gasteiger partial charge in [-0.2, -0.15) is 0 Å². The third-order valence-electron chi connectivity index (χ3n) is 5.63. The van der Waals surface area contributed by atoms with Gasteiger partial charge < -0.3 is 10.2 Å². The van der Waals surface area contributed by atoms with Crippen molar-refractivity contribution in [3.63, 3.8) is 0 Å². The topological polar surface area (TPSA) is 49.4 Å². The van der Waals surface area contributed by atoms with Crippen LogP contribution in [0.1, 0.15) is 54.4 Å². The molecule has 1 saturated heterocycles. The van der Waals surface area contributed by atoms with Crippen LogP contribution >= 0.6 is 0 Å². The Morgan fingerprint density at radius 1 is 1.26 bits per heavy atom. The fraction of sp³-hybridized carbons (Fsp3) is 0.789. The van der Waals surface area contributed by atoms with Crippen molar-refractivity contribution < 1.29 is 9.59 Å². The molecule has 2 rings (SSSR count). The third-order valence-corrected chi connectivity index (χ3v) is 5.63. The number of likely N-dealkylation sites (tertiary alicyclic amines) is 1. The third kappa shape index (κ3) is 3.78. The summed E-state index contributed by atoms with van der Waals surface area (Å²) in [4.78, 5) is 27.0. The highest BCUT2D eigenvalue weighted by Crippen LogP contribution is 2.62. The van der Waals surface area contributed by atoms with Crippen LogP contribution in [0.15, 0.2) is 12.2 Å². The van der Waals surface area contributed by atoms with Crippen LogP contribution in [-0.2, 0) is 9.59 Å². The lowest BCUT2D eigenvalue weighted by Crippen LogP contribution is -2.54. The SMILES string of the molecule is C/C=C\CCC(=O)NC(C(=O)N1CC2C(C1)C2(C)C)C(C)(C)C. The van der Waals surface area contributed by atoms with E-state index in [9.17, 15) is 9.59 Å². The van der Waals surface area contributed by atoms with Crippen molar-refractivity contribution in [2.24, 2.45) is 22.7 Å². The number of rotatable bonds is 5. The second-order valence-electron chi connectivity index (χ2n) is 8.75. The lowest BCUT2D eigenvalue weighted by atomic mass is 9.85. The highest BCUT2D eigenvalue weighted by atomic mass is 16.2. The number of fused-ring (bicyclic) bond motifs is 1. The van der Waals surface area contributed by atoms with Crippen LogP contribution in [0.25, 0.3) is 0 Å². The summed E-state index contributed by atoms with van der Waals surface area (Å²) in [5, 5.41) is 2.98. The van der Waals surface area contributed by atoms with Gasteiger partial charge in [0, 0.05) is 19.5 Å². The van der Waals surface area contributed by atoms with Crippen molar-refractivity contribution in [2.45, 2.75) is 60.4 Å². The first-order valence-corrected chi connectivity index (χ1v) is 8.78. The van der Waals surface area contributed by atoms with Crippen LogP contribution in [0.5, 0.6) is 0 Å². The van der Waals surface area contributed by atoms with E-state index in [0.29, 0.717) is 23.7 Å². The standard InChI is InChI=1S/C19H32N2O2/c1-7-8-9-10-15(22)20-16(18(2,3)4)17(23)21-11-13-14(12-21)19(13,5)6/h7-8,13-14,16H,9-12H2,1-6H3,(H,20,22)/b8-7-. The van der Waals surface area contributed by atoms with Crippen molar-refractivity contribution in [3.8, 4) is 0 Å². The Balaban J connectivity index is 1.96. The van der Waals surface area contributed by atoms with E-state index in [1.54, 1.807) is 0 Å². The molecule has 0 aromatic rings. The molecule has 4 nitrogen and oxygen atoms in total. The molecule has 0 spiro atoms. The van der Waals surface area contributed by atoms with Gasteiger partial charge in [-0.05, 0) is 36.0 Å². The first-order valence-electron chi connectivity index (χ1n) is 8.78. The molecule has 2 fully saturated rings. The van der Waals surface area contributed by atoms with Gasteiger partial charge in [-0.25, -0.2) is 0 Å². The number of carbonyl (C=O) groups is 2. The molecule has 1 aliphatic heterocycles. The Morgan fingerprint density at radius 2 is 1.83 bits per heavy atom. The zero-order valence-corrected chi connectivity index (χ0v) is 15.5. The van der Waals surface area contributed by atoms with E-state index in [2.05, 4.69) is 19.2 Å². The molecule has 1 saturated carbocycles. The average Bonchev–Trinajstić information content (AvgIpc) is 2.80. The molecule has 2 aliphatic rings. The number of nitrogens with one attached hydrogen (secondary N) is 1. The Kier molecular flexibility index (Phi) is 4.93. The molecule has 3 atom stereocenters. The van der Waals surface area contributed by atoms with E-state index < -0.39 is 6.04 Å². The van der Waals surface area contributed by atoms with Gasteiger partial charge in [0.15, 0.2) is 0 Å². The maximum absolute atomic E-state index is 12.9. The number of allylic oxidation sites excluding steroid dienone is 2. The summed E-state index contributed by atoms with van der Waals surface area (Å²) in [5.41, 5.74) is 0.110. The summed E-state index contributed by atoms with van der Waals surface area (Å²) >= 11 is 0. The largest absolute Gasteiger partial charge is 0.344 e. The average molecular weight is 320 g/mol. The van der Waals surface area contributed by atoms with E-state index in [-0.39, 0.29) is 17.2 Å². The molecule has 3 unspecified atom stereocenters. The fourth-order valence-corrected chi connectivity index (χ4v) is 3.76. The number of hydrogen-bond donors (Lipinski definition) is 1. The zero-order valence-electron chi connectivity index (χ0n) is 15.5. The van der Waals surface area contributed by atoms with Crippen LogP contribution in [0.4, 0.5) is 0 Å². The Labute approximate surface area is 140 Å². The molecule has 0 aromatic heterocycles. The van der Waals surface area contributed by atoms with Gasteiger partial charge >= 0.3 is 0 Å². The first-order chi connectivity index (χ1) is 10.6. The second kappa shape index (κ2) is 6.29. The number of hydrogen-bond acceptors (Lipinski definition) is 2. The number of carbonyl (C=O) groups excluding carboxylic acids is 2. The molecule has 2 amide bonds. The van der Waals surface area contributed by atoms with E-state index in [1.807, 2.05) is 44.7 Å². The Hall–Kier alpha value is -1.32. The van der Waals surface area contributed by atoms with Crippen LogP contribution in [0, 0.1) is 22.7 Å². The lowest BCUT2D eigenvalue weighted by Gasteiger charge is -2.34. The van der Waals surface area contributed by atoms with E-state index in [1.165, 1.54) is 0 Å². The zero-order chi connectivity index (χ0) is 17.4. The normalized spacial score (nSPS) is 27.0. The molecular formula is C19H32N2O2. The van der Waals surface area contributed by atoms with Crippen LogP contribution < -0.4 is 5.32 Å². The van der Waals surface area contributed by atoms with Gasteiger partial charge in [0.05, 0.1) is 0 Å². The summed E-state index contributed by atoms with van der Waals surface area (Å²) in [6.45, 7) is 14.3. The summed E-state index contributed by atoms with van der Waals surface area (Å²) in [6, 6.07) is -0.443. The Morgan fingerprint density at radius 3 is 2.30 bits per heavy atom. The van der Waals surface area contributed by atoms with Crippen molar-refractivity contribution in [2.75, 3.05) is 13.1 Å². The van der Waals surface area contributed by atoms with Crippen LogP contribution in [-0.4, -0.2) is 35.8 Å². The van der Waals surface area contributed by atoms with E-state index in [4.69, 9.17) is 0 Å². The predicted molar refractivity (Wildman–Crippen MR) is 92.8 cm³/mol. The number of piperidine rings is 1. The molecule has 4 heteroatoms. The maximum atomic E-state index is 12.9. The predicted octanol–water partition coefficient (Wildman–Crippen LogP) is 2.99. The molecule has 130 valence electrons. The van der Waals surface area contributed by atoms with Crippen LogP contribution in [0.3, 0.4) is 0 Å². The molecule has 0 bridgehead atoms. The van der Waals surface area contributed by atoms with Gasteiger partial charge in [0.25, 0.3) is 0 Å². The summed E-state index contributed by atoms with van der Waals surface area (Å²) < 4.78 is 0. The van der Waals surface area contributed by atoms with Crippen molar-refractivity contribution in [1.82, 2.24) is 10.2 Å². The molecular weight excluding hydrogens is 288 g/mol. The minimum atomic E-state index is -0.443. The molecule has 1 aliphatic carbocycles. The highest BCUT2D eigenvalue weighted by molar-refractivity contribution is 5.88. The first kappa shape index (κ1) is 18.0. The van der Waals surface area contributed by atoms with Gasteiger partial charge in [-0.3, -0.25) is 9.59 Å². The summed E-state index contributed by atoms with van der Waals surface area (Å²) in [5.74, 6) is 1.32.